The zero-order valence-corrected chi connectivity index (χ0v) is 13.0. The third kappa shape index (κ3) is 3.59. The summed E-state index contributed by atoms with van der Waals surface area (Å²) >= 11 is 0. The summed E-state index contributed by atoms with van der Waals surface area (Å²) in [6.07, 6.45) is -6.38. The zero-order chi connectivity index (χ0) is 16.5. The molecule has 124 valence electrons. The highest BCUT2D eigenvalue weighted by molar-refractivity contribution is 5.32. The van der Waals surface area contributed by atoms with E-state index in [-0.39, 0.29) is 5.41 Å². The van der Waals surface area contributed by atoms with Crippen LogP contribution in [0, 0.1) is 0 Å². The predicted molar refractivity (Wildman–Crippen MR) is 79.5 cm³/mol. The van der Waals surface area contributed by atoms with Crippen LogP contribution in [0.5, 0.6) is 5.75 Å². The lowest BCUT2D eigenvalue weighted by Crippen LogP contribution is -2.60. The standard InChI is InChI=1S/C16H24O6/c1-16(2,3)9-5-4-6-10(7-9)21-15-14(20)13(19)12(18)11(8-17)22-15/h4-7,11-15,17-20H,8H2,1-3H3. The fourth-order valence-electron chi connectivity index (χ4n) is 2.33. The van der Waals surface area contributed by atoms with Crippen molar-refractivity contribution in [1.82, 2.24) is 0 Å². The van der Waals surface area contributed by atoms with Gasteiger partial charge in [-0.05, 0) is 23.1 Å². The first kappa shape index (κ1) is 17.2. The van der Waals surface area contributed by atoms with E-state index < -0.39 is 37.3 Å². The van der Waals surface area contributed by atoms with Crippen molar-refractivity contribution in [3.8, 4) is 5.75 Å². The van der Waals surface area contributed by atoms with E-state index in [4.69, 9.17) is 14.6 Å². The molecule has 22 heavy (non-hydrogen) atoms. The molecule has 0 bridgehead atoms. The molecule has 0 saturated carbocycles. The molecule has 0 radical (unpaired) electrons. The van der Waals surface area contributed by atoms with Gasteiger partial charge in [-0.1, -0.05) is 32.9 Å². The zero-order valence-electron chi connectivity index (χ0n) is 13.0. The number of hydrogen-bond acceptors (Lipinski definition) is 6. The van der Waals surface area contributed by atoms with Crippen LogP contribution in [0.2, 0.25) is 0 Å². The van der Waals surface area contributed by atoms with Gasteiger partial charge in [0.15, 0.2) is 0 Å². The van der Waals surface area contributed by atoms with E-state index in [1.54, 1.807) is 6.07 Å². The second-order valence-corrected chi connectivity index (χ2v) is 6.59. The molecular weight excluding hydrogens is 288 g/mol. The van der Waals surface area contributed by atoms with E-state index in [1.807, 2.05) is 18.2 Å². The summed E-state index contributed by atoms with van der Waals surface area (Å²) in [4.78, 5) is 0. The minimum Gasteiger partial charge on any atom is -0.462 e. The minimum absolute atomic E-state index is 0.0608. The van der Waals surface area contributed by atoms with Crippen LogP contribution in [0.3, 0.4) is 0 Å². The van der Waals surface area contributed by atoms with Crippen molar-refractivity contribution < 1.29 is 29.9 Å². The van der Waals surface area contributed by atoms with Gasteiger partial charge in [0.2, 0.25) is 6.29 Å². The van der Waals surface area contributed by atoms with Gasteiger partial charge < -0.3 is 29.9 Å². The Bertz CT molecular complexity index is 496. The van der Waals surface area contributed by atoms with Gasteiger partial charge in [-0.2, -0.15) is 0 Å². The van der Waals surface area contributed by atoms with Gasteiger partial charge in [-0.3, -0.25) is 0 Å². The monoisotopic (exact) mass is 312 g/mol. The number of benzene rings is 1. The van der Waals surface area contributed by atoms with E-state index in [9.17, 15) is 15.3 Å². The third-order valence-corrected chi connectivity index (χ3v) is 3.80. The number of aliphatic hydroxyl groups excluding tert-OH is 4. The molecule has 1 aromatic carbocycles. The lowest BCUT2D eigenvalue weighted by atomic mass is 9.87. The van der Waals surface area contributed by atoms with Gasteiger partial charge >= 0.3 is 0 Å². The Morgan fingerprint density at radius 2 is 1.77 bits per heavy atom. The van der Waals surface area contributed by atoms with Gasteiger partial charge in [-0.15, -0.1) is 0 Å². The van der Waals surface area contributed by atoms with Crippen molar-refractivity contribution in [2.45, 2.75) is 56.9 Å². The summed E-state index contributed by atoms with van der Waals surface area (Å²) in [5, 5.41) is 38.6. The number of aliphatic hydroxyl groups is 4. The van der Waals surface area contributed by atoms with Crippen molar-refractivity contribution >= 4 is 0 Å². The van der Waals surface area contributed by atoms with Crippen molar-refractivity contribution in [3.05, 3.63) is 29.8 Å². The predicted octanol–water partition coefficient (Wildman–Crippen LogP) is 0.163. The van der Waals surface area contributed by atoms with Crippen LogP contribution < -0.4 is 4.74 Å². The van der Waals surface area contributed by atoms with Crippen LogP contribution in [-0.4, -0.2) is 57.7 Å². The summed E-state index contributed by atoms with van der Waals surface area (Å²) in [6, 6.07) is 7.36. The van der Waals surface area contributed by atoms with Gasteiger partial charge in [-0.25, -0.2) is 0 Å². The van der Waals surface area contributed by atoms with E-state index in [1.165, 1.54) is 0 Å². The molecule has 0 spiro atoms. The van der Waals surface area contributed by atoms with E-state index >= 15 is 0 Å². The highest BCUT2D eigenvalue weighted by atomic mass is 16.7. The smallest absolute Gasteiger partial charge is 0.229 e. The van der Waals surface area contributed by atoms with Crippen LogP contribution in [0.4, 0.5) is 0 Å². The molecule has 6 nitrogen and oxygen atoms in total. The van der Waals surface area contributed by atoms with Crippen LogP contribution in [0.1, 0.15) is 26.3 Å². The van der Waals surface area contributed by atoms with Crippen molar-refractivity contribution in [2.75, 3.05) is 6.61 Å². The van der Waals surface area contributed by atoms with Gasteiger partial charge in [0.1, 0.15) is 30.2 Å². The summed E-state index contributed by atoms with van der Waals surface area (Å²) < 4.78 is 10.9. The molecule has 1 aromatic rings. The lowest BCUT2D eigenvalue weighted by molar-refractivity contribution is -0.277. The maximum absolute atomic E-state index is 9.97. The Hall–Kier alpha value is -1.18. The number of ether oxygens (including phenoxy) is 2. The fourth-order valence-corrected chi connectivity index (χ4v) is 2.33. The maximum atomic E-state index is 9.97. The van der Waals surface area contributed by atoms with Gasteiger partial charge in [0.05, 0.1) is 6.61 Å². The highest BCUT2D eigenvalue weighted by Crippen LogP contribution is 2.28. The van der Waals surface area contributed by atoms with Crippen LogP contribution >= 0.6 is 0 Å². The first-order valence-corrected chi connectivity index (χ1v) is 7.32. The molecule has 5 unspecified atom stereocenters. The van der Waals surface area contributed by atoms with Crippen molar-refractivity contribution in [1.29, 1.82) is 0 Å². The molecule has 1 heterocycles. The van der Waals surface area contributed by atoms with Crippen molar-refractivity contribution in [2.24, 2.45) is 0 Å². The molecule has 0 aromatic heterocycles. The topological polar surface area (TPSA) is 99.4 Å². The molecule has 1 aliphatic heterocycles. The quantitative estimate of drug-likeness (QED) is 0.635. The third-order valence-electron chi connectivity index (χ3n) is 3.80. The first-order valence-electron chi connectivity index (χ1n) is 7.32. The van der Waals surface area contributed by atoms with Gasteiger partial charge in [0.25, 0.3) is 0 Å². The molecule has 0 aliphatic carbocycles. The van der Waals surface area contributed by atoms with Crippen LogP contribution in [0.25, 0.3) is 0 Å². The van der Waals surface area contributed by atoms with Crippen molar-refractivity contribution in [3.63, 3.8) is 0 Å². The highest BCUT2D eigenvalue weighted by Gasteiger charge is 2.44. The second kappa shape index (κ2) is 6.52. The van der Waals surface area contributed by atoms with E-state index in [2.05, 4.69) is 20.8 Å². The molecule has 1 saturated heterocycles. The van der Waals surface area contributed by atoms with Gasteiger partial charge in [0, 0.05) is 0 Å². The van der Waals surface area contributed by atoms with Crippen LogP contribution in [0.15, 0.2) is 24.3 Å². The Balaban J connectivity index is 2.16. The Labute approximate surface area is 129 Å². The summed E-state index contributed by atoms with van der Waals surface area (Å²) in [7, 11) is 0. The minimum atomic E-state index is -1.44. The molecular formula is C16H24O6. The number of rotatable bonds is 3. The Kier molecular flexibility index (Phi) is 5.09. The van der Waals surface area contributed by atoms with E-state index in [0.717, 1.165) is 5.56 Å². The lowest BCUT2D eigenvalue weighted by Gasteiger charge is -2.39. The normalized spacial score (nSPS) is 32.8. The molecule has 2 rings (SSSR count). The summed E-state index contributed by atoms with van der Waals surface area (Å²) in [6.45, 7) is 5.73. The molecule has 1 fully saturated rings. The first-order chi connectivity index (χ1) is 10.2. The second-order valence-electron chi connectivity index (χ2n) is 6.59. The molecule has 0 amide bonds. The van der Waals surface area contributed by atoms with Crippen LogP contribution in [-0.2, 0) is 10.2 Å². The average Bonchev–Trinajstić information content (AvgIpc) is 2.47. The number of hydrogen-bond donors (Lipinski definition) is 4. The summed E-state index contributed by atoms with van der Waals surface area (Å²) in [5.74, 6) is 0.483. The SMILES string of the molecule is CC(C)(C)c1cccc(OC2OC(CO)C(O)C(O)C2O)c1. The maximum Gasteiger partial charge on any atom is 0.229 e. The summed E-state index contributed by atoms with van der Waals surface area (Å²) in [5.41, 5.74) is 0.990. The Morgan fingerprint density at radius 1 is 1.09 bits per heavy atom. The largest absolute Gasteiger partial charge is 0.462 e. The Morgan fingerprint density at radius 3 is 2.36 bits per heavy atom. The molecule has 5 atom stereocenters. The molecule has 1 aliphatic rings. The molecule has 6 heteroatoms. The average molecular weight is 312 g/mol. The molecule has 4 N–H and O–H groups in total. The fraction of sp³-hybridized carbons (Fsp3) is 0.625. The van der Waals surface area contributed by atoms with E-state index in [0.29, 0.717) is 5.75 Å².